The molecule has 32 heavy (non-hydrogen) atoms. The molecule has 14 heteroatoms. The van der Waals surface area contributed by atoms with Crippen molar-refractivity contribution in [1.29, 1.82) is 0 Å². The Hall–Kier alpha value is -2.12. The third kappa shape index (κ3) is 42.1. The van der Waals surface area contributed by atoms with Crippen LogP contribution in [0, 0.1) is 0 Å². The predicted octanol–water partition coefficient (Wildman–Crippen LogP) is -4.80. The van der Waals surface area contributed by atoms with Crippen molar-refractivity contribution in [1.82, 2.24) is 16.0 Å². The van der Waals surface area contributed by atoms with E-state index in [2.05, 4.69) is 16.0 Å². The molecule has 0 aliphatic rings. The molecule has 0 atom stereocenters. The zero-order chi connectivity index (χ0) is 23.9. The van der Waals surface area contributed by atoms with E-state index in [0.717, 1.165) is 19.3 Å². The minimum atomic E-state index is -1.26. The summed E-state index contributed by atoms with van der Waals surface area (Å²) in [7, 11) is 0. The van der Waals surface area contributed by atoms with Crippen molar-refractivity contribution in [2.75, 3.05) is 19.6 Å². The maximum absolute atomic E-state index is 10.5. The van der Waals surface area contributed by atoms with Crippen LogP contribution >= 0.6 is 0 Å². The maximum Gasteiger partial charge on any atom is 3.00 e. The molecule has 3 amide bonds. The number of carbonyl (C=O) groups excluding carboxylic acids is 6. The fourth-order valence-corrected chi connectivity index (χ4v) is 1.46. The second-order valence-corrected chi connectivity index (χ2v) is 5.70. The summed E-state index contributed by atoms with van der Waals surface area (Å²) in [4.78, 5) is 61.0. The number of amides is 3. The maximum atomic E-state index is 10.5. The van der Waals surface area contributed by atoms with Gasteiger partial charge in [0.05, 0.1) is 37.5 Å². The van der Waals surface area contributed by atoms with E-state index in [1.807, 2.05) is 20.8 Å². The normalized spacial score (nSPS) is 8.34. The van der Waals surface area contributed by atoms with E-state index in [0.29, 0.717) is 19.3 Å². The van der Waals surface area contributed by atoms with E-state index in [1.54, 1.807) is 0 Å². The molecule has 0 heterocycles. The van der Waals surface area contributed by atoms with Gasteiger partial charge in [-0.25, -0.2) is 0 Å². The van der Waals surface area contributed by atoms with E-state index < -0.39 is 37.5 Å². The van der Waals surface area contributed by atoms with Crippen molar-refractivity contribution >= 4 is 70.4 Å². The Bertz CT molecular complexity index is 486. The van der Waals surface area contributed by atoms with Gasteiger partial charge in [0.1, 0.15) is 0 Å². The van der Waals surface area contributed by atoms with E-state index in [-0.39, 0.29) is 52.4 Å². The molecule has 0 aliphatic carbocycles. The Balaban J connectivity index is -0.000000110. The third-order valence-corrected chi connectivity index (χ3v) is 2.72. The molecule has 174 valence electrons. The summed E-state index contributed by atoms with van der Waals surface area (Å²) < 4.78 is 0. The van der Waals surface area contributed by atoms with Crippen molar-refractivity contribution in [3.8, 4) is 0 Å². The van der Waals surface area contributed by atoms with Crippen molar-refractivity contribution < 1.29 is 44.1 Å². The first kappa shape index (κ1) is 40.3. The number of rotatable bonds is 12. The Morgan fingerprint density at radius 3 is 0.812 bits per heavy atom. The van der Waals surface area contributed by atoms with Gasteiger partial charge in [0.2, 0.25) is 17.7 Å². The third-order valence-electron chi connectivity index (χ3n) is 2.72. The molecule has 12 nitrogen and oxygen atoms in total. The minimum Gasteiger partial charge on any atom is -0.548 e. The average molecular weight is 486 g/mol. The summed E-state index contributed by atoms with van der Waals surface area (Å²) in [5.74, 6) is -4.51. The molecule has 0 aromatic rings. The van der Waals surface area contributed by atoms with Gasteiger partial charge in [-0.1, -0.05) is 20.8 Å². The number of hydrogen-bond acceptors (Lipinski definition) is 9. The first-order valence-corrected chi connectivity index (χ1v) is 9.39. The van der Waals surface area contributed by atoms with Gasteiger partial charge in [-0.05, 0) is 19.3 Å². The summed E-state index contributed by atoms with van der Waals surface area (Å²) in [5.41, 5.74) is 0. The van der Waals surface area contributed by atoms with E-state index in [4.69, 9.17) is 0 Å². The Morgan fingerprint density at radius 1 is 0.500 bits per heavy atom. The molecule has 0 aromatic heterocycles. The van der Waals surface area contributed by atoms with Crippen molar-refractivity contribution in [2.24, 2.45) is 0 Å². The van der Waals surface area contributed by atoms with Gasteiger partial charge < -0.3 is 45.7 Å². The minimum absolute atomic E-state index is 0. The smallest absolute Gasteiger partial charge is 0.548 e. The Labute approximate surface area is 209 Å². The van der Waals surface area contributed by atoms with Crippen molar-refractivity contribution in [3.05, 3.63) is 0 Å². The molecule has 0 bridgehead atoms. The summed E-state index contributed by atoms with van der Waals surface area (Å²) >= 11 is 0. The van der Waals surface area contributed by atoms with Crippen LogP contribution in [0.3, 0.4) is 0 Å². The number of carboxylic acids is 3. The van der Waals surface area contributed by atoms with Gasteiger partial charge in [-0.2, -0.15) is 0 Å². The van der Waals surface area contributed by atoms with Crippen LogP contribution in [0.4, 0.5) is 0 Å². The molecular weight excluding hydrogens is 456 g/mol. The van der Waals surface area contributed by atoms with Crippen LogP contribution < -0.4 is 31.3 Å². The Kier molecular flexibility index (Phi) is 36.3. The second-order valence-electron chi connectivity index (χ2n) is 5.70. The predicted molar refractivity (Wildman–Crippen MR) is 110 cm³/mol. The Morgan fingerprint density at radius 2 is 0.688 bits per heavy atom. The summed E-state index contributed by atoms with van der Waals surface area (Å²) in [6, 6.07) is 0. The molecule has 0 saturated heterocycles. The van der Waals surface area contributed by atoms with Crippen LogP contribution in [0.5, 0.6) is 0 Å². The van der Waals surface area contributed by atoms with Crippen LogP contribution in [-0.2, 0) is 28.8 Å². The van der Waals surface area contributed by atoms with Crippen LogP contribution in [0.15, 0.2) is 0 Å². The zero-order valence-corrected chi connectivity index (χ0v) is 21.0. The zero-order valence-electron chi connectivity index (χ0n) is 18.7. The molecule has 0 aromatic carbocycles. The molecule has 0 fully saturated rings. The van der Waals surface area contributed by atoms with Crippen molar-refractivity contribution in [2.45, 2.75) is 59.3 Å². The van der Waals surface area contributed by atoms with Crippen LogP contribution in [0.1, 0.15) is 59.3 Å². The van der Waals surface area contributed by atoms with Gasteiger partial charge in [-0.3, -0.25) is 14.4 Å². The van der Waals surface area contributed by atoms with Gasteiger partial charge in [0.25, 0.3) is 0 Å². The van der Waals surface area contributed by atoms with Gasteiger partial charge in [-0.15, -0.1) is 0 Å². The van der Waals surface area contributed by atoms with E-state index in [9.17, 15) is 44.1 Å². The number of hydrogen-bond donors (Lipinski definition) is 3. The molecule has 0 aliphatic heterocycles. The molecule has 0 spiro atoms. The first-order valence-electron chi connectivity index (χ1n) is 9.39. The number of nitrogens with one attached hydrogen (secondary N) is 3. The quantitative estimate of drug-likeness (QED) is 0.226. The molecule has 0 radical (unpaired) electrons. The van der Waals surface area contributed by atoms with Crippen LogP contribution in [0.25, 0.3) is 0 Å². The van der Waals surface area contributed by atoms with E-state index in [1.165, 1.54) is 0 Å². The standard InChI is InChI=1S/3C6H11NO3.2Al/c3*1-2-3-5(8)7-4-6(9)10;;/h3*2-4H2,1H3,(H,7,8)(H,9,10);;/q;;;2*+3/p-3. The van der Waals surface area contributed by atoms with Crippen LogP contribution in [0.2, 0.25) is 0 Å². The van der Waals surface area contributed by atoms with Crippen LogP contribution in [-0.4, -0.2) is 90.0 Å². The molecule has 0 saturated carbocycles. The summed E-state index contributed by atoms with van der Waals surface area (Å²) in [6.45, 7) is 4.37. The number of aliphatic carboxylic acids is 3. The van der Waals surface area contributed by atoms with E-state index >= 15 is 0 Å². The largest absolute Gasteiger partial charge is 3.00 e. The molecule has 0 unspecified atom stereocenters. The fourth-order valence-electron chi connectivity index (χ4n) is 1.46. The van der Waals surface area contributed by atoms with Crippen molar-refractivity contribution in [3.63, 3.8) is 0 Å². The molecule has 3 N–H and O–H groups in total. The number of carboxylic acid groups (broad SMARTS) is 3. The summed E-state index contributed by atoms with van der Waals surface area (Å²) in [6.07, 6.45) is 3.27. The monoisotopic (exact) mass is 486 g/mol. The average Bonchev–Trinajstić information content (AvgIpc) is 2.65. The molecule has 0 rings (SSSR count). The summed E-state index contributed by atoms with van der Waals surface area (Å²) in [5, 5.41) is 35.9. The number of carbonyl (C=O) groups is 6. The SMILES string of the molecule is CCCC(=O)NCC(=O)[O-].CCCC(=O)NCC(=O)[O-].CCCC(=O)NCC(=O)[O-].[Al+3].[Al+3]. The van der Waals surface area contributed by atoms with Gasteiger partial charge >= 0.3 is 34.7 Å². The second kappa shape index (κ2) is 28.9. The fraction of sp³-hybridized carbons (Fsp3) is 0.667. The van der Waals surface area contributed by atoms with Gasteiger partial charge in [0.15, 0.2) is 0 Å². The first-order chi connectivity index (χ1) is 14.0. The van der Waals surface area contributed by atoms with Gasteiger partial charge in [0, 0.05) is 19.3 Å². The molecular formula is C18H30Al2N3O9+3. The topological polar surface area (TPSA) is 208 Å².